The second-order valence-corrected chi connectivity index (χ2v) is 6.77. The fourth-order valence-corrected chi connectivity index (χ4v) is 3.43. The Hall–Kier alpha value is -3.00. The molecular weight excluding hydrogens is 348 g/mol. The summed E-state index contributed by atoms with van der Waals surface area (Å²) >= 11 is 1.52. The average Bonchev–Trinajstić information content (AvgIpc) is 3.21. The summed E-state index contributed by atoms with van der Waals surface area (Å²) in [6.07, 6.45) is 5.22. The fraction of sp³-hybridized carbons (Fsp3) is 0.222. The zero-order valence-electron chi connectivity index (χ0n) is 14.1. The predicted molar refractivity (Wildman–Crippen MR) is 102 cm³/mol. The largest absolute Gasteiger partial charge is 0.337 e. The first-order valence-corrected chi connectivity index (χ1v) is 9.25. The fourth-order valence-electron chi connectivity index (χ4n) is 2.89. The van der Waals surface area contributed by atoms with Crippen molar-refractivity contribution in [1.82, 2.24) is 19.9 Å². The number of carbonyl (C=O) groups excluding carboxylic acids is 1. The van der Waals surface area contributed by atoms with Crippen LogP contribution < -0.4 is 10.2 Å². The van der Waals surface area contributed by atoms with E-state index < -0.39 is 0 Å². The van der Waals surface area contributed by atoms with Crippen molar-refractivity contribution in [3.63, 3.8) is 0 Å². The first kappa shape index (κ1) is 16.5. The predicted octanol–water partition coefficient (Wildman–Crippen LogP) is 2.64. The maximum absolute atomic E-state index is 12.8. The molecule has 3 aromatic rings. The summed E-state index contributed by atoms with van der Waals surface area (Å²) < 4.78 is 0. The Morgan fingerprint density at radius 1 is 1.00 bits per heavy atom. The molecule has 0 atom stereocenters. The molecule has 0 aliphatic carbocycles. The molecule has 0 spiro atoms. The van der Waals surface area contributed by atoms with E-state index in [4.69, 9.17) is 0 Å². The molecule has 1 aromatic carbocycles. The molecule has 8 heteroatoms. The van der Waals surface area contributed by atoms with Gasteiger partial charge >= 0.3 is 0 Å². The molecule has 3 heterocycles. The van der Waals surface area contributed by atoms with Crippen LogP contribution in [0.4, 0.5) is 16.8 Å². The molecule has 1 amide bonds. The van der Waals surface area contributed by atoms with Gasteiger partial charge in [-0.3, -0.25) is 4.79 Å². The summed E-state index contributed by atoms with van der Waals surface area (Å²) in [4.78, 5) is 29.6. The lowest BCUT2D eigenvalue weighted by Crippen LogP contribution is -2.49. The van der Waals surface area contributed by atoms with Crippen molar-refractivity contribution in [1.29, 1.82) is 0 Å². The first-order valence-electron chi connectivity index (χ1n) is 8.37. The van der Waals surface area contributed by atoms with Gasteiger partial charge in [0, 0.05) is 61.4 Å². The number of hydrogen-bond acceptors (Lipinski definition) is 7. The third kappa shape index (κ3) is 3.65. The second kappa shape index (κ2) is 7.49. The Kier molecular flexibility index (Phi) is 4.74. The standard InChI is InChI=1S/C18H18N6OS/c25-16(14-3-1-4-15(13-14)22-18-21-7-12-26-18)23-8-10-24(11-9-23)17-19-5-2-6-20-17/h1-7,12-13H,8-11H2,(H,21,22). The molecule has 1 N–H and O–H groups in total. The number of nitrogens with one attached hydrogen (secondary N) is 1. The van der Waals surface area contributed by atoms with Gasteiger partial charge in [-0.15, -0.1) is 11.3 Å². The molecule has 1 fully saturated rings. The highest BCUT2D eigenvalue weighted by atomic mass is 32.1. The highest BCUT2D eigenvalue weighted by Crippen LogP contribution is 2.20. The number of benzene rings is 1. The number of piperazine rings is 1. The summed E-state index contributed by atoms with van der Waals surface area (Å²) in [5.74, 6) is 0.760. The molecule has 7 nitrogen and oxygen atoms in total. The lowest BCUT2D eigenvalue weighted by molar-refractivity contribution is 0.0746. The van der Waals surface area contributed by atoms with Gasteiger partial charge in [-0.2, -0.15) is 0 Å². The van der Waals surface area contributed by atoms with E-state index in [9.17, 15) is 4.79 Å². The summed E-state index contributed by atoms with van der Waals surface area (Å²) in [6.45, 7) is 2.77. The number of carbonyl (C=O) groups is 1. The third-order valence-corrected chi connectivity index (χ3v) is 4.88. The van der Waals surface area contributed by atoms with Crippen LogP contribution in [0.15, 0.2) is 54.3 Å². The van der Waals surface area contributed by atoms with E-state index in [0.29, 0.717) is 24.6 Å². The minimum absolute atomic E-state index is 0.0430. The molecule has 26 heavy (non-hydrogen) atoms. The number of anilines is 3. The molecule has 4 rings (SSSR count). The quantitative estimate of drug-likeness (QED) is 0.765. The summed E-state index contributed by atoms with van der Waals surface area (Å²) in [6, 6.07) is 9.34. The van der Waals surface area contributed by atoms with Crippen molar-refractivity contribution in [2.24, 2.45) is 0 Å². The van der Waals surface area contributed by atoms with Gasteiger partial charge in [-0.25, -0.2) is 15.0 Å². The number of thiazole rings is 1. The highest BCUT2D eigenvalue weighted by Gasteiger charge is 2.23. The lowest BCUT2D eigenvalue weighted by atomic mass is 10.1. The number of nitrogens with zero attached hydrogens (tertiary/aromatic N) is 5. The maximum Gasteiger partial charge on any atom is 0.254 e. The molecule has 2 aromatic heterocycles. The van der Waals surface area contributed by atoms with E-state index in [1.165, 1.54) is 11.3 Å². The summed E-state index contributed by atoms with van der Waals surface area (Å²) in [5, 5.41) is 5.94. The van der Waals surface area contributed by atoms with Crippen molar-refractivity contribution in [3.05, 3.63) is 59.9 Å². The Morgan fingerprint density at radius 3 is 2.54 bits per heavy atom. The van der Waals surface area contributed by atoms with Crippen LogP contribution >= 0.6 is 11.3 Å². The first-order chi connectivity index (χ1) is 12.8. The van der Waals surface area contributed by atoms with Crippen molar-refractivity contribution < 1.29 is 4.79 Å². The van der Waals surface area contributed by atoms with Crippen molar-refractivity contribution in [3.8, 4) is 0 Å². The molecule has 0 bridgehead atoms. The highest BCUT2D eigenvalue weighted by molar-refractivity contribution is 7.13. The molecule has 132 valence electrons. The van der Waals surface area contributed by atoms with Gasteiger partial charge < -0.3 is 15.1 Å². The zero-order chi connectivity index (χ0) is 17.8. The van der Waals surface area contributed by atoms with Gasteiger partial charge in [0.15, 0.2) is 5.13 Å². The van der Waals surface area contributed by atoms with Gasteiger partial charge in [-0.1, -0.05) is 6.07 Å². The van der Waals surface area contributed by atoms with E-state index in [1.54, 1.807) is 24.7 Å². The third-order valence-electron chi connectivity index (χ3n) is 4.19. The maximum atomic E-state index is 12.8. The average molecular weight is 366 g/mol. The van der Waals surface area contributed by atoms with Crippen LogP contribution in [-0.2, 0) is 0 Å². The van der Waals surface area contributed by atoms with Gasteiger partial charge in [0.1, 0.15) is 0 Å². The van der Waals surface area contributed by atoms with E-state index in [-0.39, 0.29) is 5.91 Å². The topological polar surface area (TPSA) is 74.2 Å². The smallest absolute Gasteiger partial charge is 0.254 e. The number of amides is 1. The van der Waals surface area contributed by atoms with Crippen LogP contribution in [0.2, 0.25) is 0 Å². The van der Waals surface area contributed by atoms with Gasteiger partial charge in [0.25, 0.3) is 5.91 Å². The molecule has 0 saturated carbocycles. The Balaban J connectivity index is 1.40. The van der Waals surface area contributed by atoms with Crippen molar-refractivity contribution in [2.75, 3.05) is 36.4 Å². The van der Waals surface area contributed by atoms with E-state index in [0.717, 1.165) is 23.9 Å². The zero-order valence-corrected chi connectivity index (χ0v) is 14.9. The number of rotatable bonds is 4. The molecule has 0 unspecified atom stereocenters. The van der Waals surface area contributed by atoms with Crippen LogP contribution in [0.1, 0.15) is 10.4 Å². The van der Waals surface area contributed by atoms with Crippen LogP contribution in [0.3, 0.4) is 0 Å². The van der Waals surface area contributed by atoms with E-state index in [2.05, 4.69) is 25.2 Å². The van der Waals surface area contributed by atoms with Crippen LogP contribution in [0.25, 0.3) is 0 Å². The van der Waals surface area contributed by atoms with Crippen LogP contribution in [-0.4, -0.2) is 51.9 Å². The Labute approximate surface area is 155 Å². The minimum Gasteiger partial charge on any atom is -0.337 e. The molecule has 1 aliphatic rings. The van der Waals surface area contributed by atoms with Gasteiger partial charge in [-0.05, 0) is 24.3 Å². The van der Waals surface area contributed by atoms with Crippen molar-refractivity contribution in [2.45, 2.75) is 0 Å². The van der Waals surface area contributed by atoms with Gasteiger partial charge in [0.05, 0.1) is 0 Å². The van der Waals surface area contributed by atoms with E-state index in [1.807, 2.05) is 34.5 Å². The second-order valence-electron chi connectivity index (χ2n) is 5.87. The minimum atomic E-state index is 0.0430. The molecule has 1 aliphatic heterocycles. The van der Waals surface area contributed by atoms with Crippen LogP contribution in [0, 0.1) is 0 Å². The number of aromatic nitrogens is 3. The molecule has 1 saturated heterocycles. The SMILES string of the molecule is O=C(c1cccc(Nc2nccs2)c1)N1CCN(c2ncccn2)CC1. The Morgan fingerprint density at radius 2 is 1.81 bits per heavy atom. The lowest BCUT2D eigenvalue weighted by Gasteiger charge is -2.34. The molecule has 0 radical (unpaired) electrons. The Bertz CT molecular complexity index is 862. The number of hydrogen-bond donors (Lipinski definition) is 1. The summed E-state index contributed by atoms with van der Waals surface area (Å²) in [5.41, 5.74) is 1.54. The monoisotopic (exact) mass is 366 g/mol. The van der Waals surface area contributed by atoms with Crippen LogP contribution in [0.5, 0.6) is 0 Å². The normalized spacial score (nSPS) is 14.3. The van der Waals surface area contributed by atoms with E-state index >= 15 is 0 Å². The van der Waals surface area contributed by atoms with Crippen molar-refractivity contribution >= 4 is 34.0 Å². The summed E-state index contributed by atoms with van der Waals surface area (Å²) in [7, 11) is 0. The molecular formula is C18H18N6OS. The van der Waals surface area contributed by atoms with Gasteiger partial charge in [0.2, 0.25) is 5.95 Å².